The number of halogens is 1. The van der Waals surface area contributed by atoms with Gasteiger partial charge >= 0.3 is 5.97 Å². The van der Waals surface area contributed by atoms with Gasteiger partial charge in [-0.05, 0) is 25.1 Å². The summed E-state index contributed by atoms with van der Waals surface area (Å²) in [5, 5.41) is 0. The van der Waals surface area contributed by atoms with Gasteiger partial charge in [-0.25, -0.2) is 9.18 Å². The Bertz CT molecular complexity index is 578. The molecule has 0 aliphatic carbocycles. The molecule has 0 amide bonds. The molecule has 0 saturated heterocycles. The van der Waals surface area contributed by atoms with Gasteiger partial charge in [0.1, 0.15) is 22.9 Å². The minimum atomic E-state index is -0.592. The van der Waals surface area contributed by atoms with Crippen LogP contribution >= 0.6 is 0 Å². The number of benzene rings is 1. The van der Waals surface area contributed by atoms with Crippen LogP contribution in [0.1, 0.15) is 17.3 Å². The van der Waals surface area contributed by atoms with Crippen molar-refractivity contribution < 1.29 is 13.9 Å². The molecule has 1 heterocycles. The Morgan fingerprint density at radius 2 is 2.22 bits per heavy atom. The molecule has 2 N–H and O–H groups in total. The van der Waals surface area contributed by atoms with Gasteiger partial charge in [0.25, 0.3) is 0 Å². The van der Waals surface area contributed by atoms with Crippen molar-refractivity contribution in [2.24, 2.45) is 0 Å². The number of hydrogen-bond acceptors (Lipinski definition) is 3. The number of aromatic nitrogens is 1. The van der Waals surface area contributed by atoms with Crippen molar-refractivity contribution >= 4 is 11.8 Å². The molecule has 0 radical (unpaired) electrons. The first kappa shape index (κ1) is 12.2. The molecule has 0 aliphatic rings. The van der Waals surface area contributed by atoms with E-state index in [-0.39, 0.29) is 11.3 Å². The molecular weight excluding hydrogens is 235 g/mol. The van der Waals surface area contributed by atoms with Crippen molar-refractivity contribution in [1.29, 1.82) is 0 Å². The van der Waals surface area contributed by atoms with E-state index in [1.165, 1.54) is 18.2 Å². The van der Waals surface area contributed by atoms with Crippen LogP contribution in [0.3, 0.4) is 0 Å². The highest BCUT2D eigenvalue weighted by Gasteiger charge is 2.15. The second kappa shape index (κ2) is 4.91. The van der Waals surface area contributed by atoms with Gasteiger partial charge in [-0.2, -0.15) is 0 Å². The van der Waals surface area contributed by atoms with E-state index in [9.17, 15) is 9.18 Å². The third kappa shape index (κ3) is 2.34. The van der Waals surface area contributed by atoms with Crippen molar-refractivity contribution in [2.75, 3.05) is 5.73 Å². The number of anilines is 1. The van der Waals surface area contributed by atoms with Crippen LogP contribution in [0.25, 0.3) is 0 Å². The molecular formula is C13H13FN2O2. The molecule has 18 heavy (non-hydrogen) atoms. The monoisotopic (exact) mass is 248 g/mol. The highest BCUT2D eigenvalue weighted by molar-refractivity contribution is 5.95. The fourth-order valence-electron chi connectivity index (χ4n) is 1.63. The molecule has 0 bridgehead atoms. The van der Waals surface area contributed by atoms with Gasteiger partial charge in [-0.1, -0.05) is 6.07 Å². The molecule has 0 aliphatic heterocycles. The van der Waals surface area contributed by atoms with Gasteiger partial charge in [0.2, 0.25) is 0 Å². The first-order valence-corrected chi connectivity index (χ1v) is 5.54. The predicted molar refractivity (Wildman–Crippen MR) is 65.9 cm³/mol. The van der Waals surface area contributed by atoms with Crippen LogP contribution in [-0.2, 0) is 6.54 Å². The molecule has 1 aromatic carbocycles. The van der Waals surface area contributed by atoms with Gasteiger partial charge in [0.15, 0.2) is 0 Å². The average molecular weight is 248 g/mol. The quantitative estimate of drug-likeness (QED) is 0.670. The minimum Gasteiger partial charge on any atom is -0.423 e. The summed E-state index contributed by atoms with van der Waals surface area (Å²) in [5.41, 5.74) is 6.07. The van der Waals surface area contributed by atoms with E-state index in [0.717, 1.165) is 6.07 Å². The predicted octanol–water partition coefficient (Wildman–Crippen LogP) is 2.45. The number of rotatable bonds is 3. The number of carbonyl (C=O) groups excluding carboxylic acids is 1. The van der Waals surface area contributed by atoms with Gasteiger partial charge in [-0.3, -0.25) is 0 Å². The maximum atomic E-state index is 12.9. The van der Waals surface area contributed by atoms with Crippen molar-refractivity contribution in [3.63, 3.8) is 0 Å². The number of ether oxygens (including phenoxy) is 1. The molecule has 0 spiro atoms. The smallest absolute Gasteiger partial charge is 0.347 e. The van der Waals surface area contributed by atoms with E-state index in [4.69, 9.17) is 10.5 Å². The van der Waals surface area contributed by atoms with Gasteiger partial charge in [0.05, 0.1) is 0 Å². The lowest BCUT2D eigenvalue weighted by Gasteiger charge is -2.05. The molecule has 94 valence electrons. The summed E-state index contributed by atoms with van der Waals surface area (Å²) >= 11 is 0. The Kier molecular flexibility index (Phi) is 3.32. The molecule has 0 atom stereocenters. The van der Waals surface area contributed by atoms with E-state index >= 15 is 0 Å². The third-order valence-electron chi connectivity index (χ3n) is 2.57. The van der Waals surface area contributed by atoms with Crippen LogP contribution in [-0.4, -0.2) is 10.5 Å². The topological polar surface area (TPSA) is 57.2 Å². The summed E-state index contributed by atoms with van der Waals surface area (Å²) in [6.07, 6.45) is 1.71. The Hall–Kier alpha value is -2.30. The van der Waals surface area contributed by atoms with Crippen LogP contribution in [0.15, 0.2) is 36.5 Å². The Labute approximate surface area is 104 Å². The van der Waals surface area contributed by atoms with E-state index in [0.29, 0.717) is 12.4 Å². The summed E-state index contributed by atoms with van der Waals surface area (Å²) in [5.74, 6) is -0.549. The number of carbonyl (C=O) groups is 1. The average Bonchev–Trinajstić information content (AvgIpc) is 2.70. The molecule has 1 aromatic heterocycles. The lowest BCUT2D eigenvalue weighted by atomic mass is 10.3. The number of nitrogens with zero attached hydrogens (tertiary/aromatic N) is 1. The van der Waals surface area contributed by atoms with Crippen LogP contribution in [0.2, 0.25) is 0 Å². The summed E-state index contributed by atoms with van der Waals surface area (Å²) in [4.78, 5) is 11.8. The Morgan fingerprint density at radius 3 is 2.83 bits per heavy atom. The second-order valence-electron chi connectivity index (χ2n) is 3.75. The number of hydrogen-bond donors (Lipinski definition) is 1. The van der Waals surface area contributed by atoms with Crippen LogP contribution < -0.4 is 10.5 Å². The van der Waals surface area contributed by atoms with Crippen molar-refractivity contribution in [1.82, 2.24) is 4.57 Å². The number of aryl methyl sites for hydroxylation is 1. The normalized spacial score (nSPS) is 10.3. The van der Waals surface area contributed by atoms with E-state index < -0.39 is 11.8 Å². The fraction of sp³-hybridized carbons (Fsp3) is 0.154. The highest BCUT2D eigenvalue weighted by Crippen LogP contribution is 2.18. The largest absolute Gasteiger partial charge is 0.423 e. The summed E-state index contributed by atoms with van der Waals surface area (Å²) in [6, 6.07) is 6.98. The van der Waals surface area contributed by atoms with E-state index in [1.807, 2.05) is 6.92 Å². The van der Waals surface area contributed by atoms with Crippen LogP contribution in [0.5, 0.6) is 5.75 Å². The first-order chi connectivity index (χ1) is 8.61. The zero-order valence-electron chi connectivity index (χ0n) is 9.89. The highest BCUT2D eigenvalue weighted by atomic mass is 19.1. The number of nitrogens with two attached hydrogens (primary N) is 1. The van der Waals surface area contributed by atoms with E-state index in [2.05, 4.69) is 0 Å². The molecule has 0 saturated carbocycles. The molecule has 5 heteroatoms. The van der Waals surface area contributed by atoms with Crippen molar-refractivity contribution in [3.05, 3.63) is 47.9 Å². The zero-order valence-corrected chi connectivity index (χ0v) is 9.89. The maximum Gasteiger partial charge on any atom is 0.347 e. The maximum absolute atomic E-state index is 12.9. The third-order valence-corrected chi connectivity index (χ3v) is 2.57. The van der Waals surface area contributed by atoms with Crippen molar-refractivity contribution in [3.8, 4) is 5.75 Å². The Morgan fingerprint density at radius 1 is 1.44 bits per heavy atom. The van der Waals surface area contributed by atoms with Gasteiger partial charge < -0.3 is 15.0 Å². The first-order valence-electron chi connectivity index (χ1n) is 5.54. The standard InChI is InChI=1S/C13H13FN2O2/c1-2-16-7-6-11(12(16)15)13(17)18-10-5-3-4-9(14)8-10/h3-8H,2,15H2,1H3. The minimum absolute atomic E-state index is 0.156. The van der Waals surface area contributed by atoms with Crippen LogP contribution in [0, 0.1) is 5.82 Å². The fourth-order valence-corrected chi connectivity index (χ4v) is 1.63. The second-order valence-corrected chi connectivity index (χ2v) is 3.75. The molecule has 2 rings (SSSR count). The molecule has 0 unspecified atom stereocenters. The van der Waals surface area contributed by atoms with Gasteiger partial charge in [-0.15, -0.1) is 0 Å². The molecule has 4 nitrogen and oxygen atoms in total. The number of nitrogen functional groups attached to an aromatic ring is 1. The summed E-state index contributed by atoms with van der Waals surface area (Å²) < 4.78 is 19.7. The van der Waals surface area contributed by atoms with Crippen LogP contribution in [0.4, 0.5) is 10.2 Å². The van der Waals surface area contributed by atoms with Gasteiger partial charge in [0, 0.05) is 18.8 Å². The Balaban J connectivity index is 2.19. The lowest BCUT2D eigenvalue weighted by molar-refractivity contribution is 0.0735. The van der Waals surface area contributed by atoms with Crippen molar-refractivity contribution in [2.45, 2.75) is 13.5 Å². The summed E-state index contributed by atoms with van der Waals surface area (Å²) in [6.45, 7) is 2.58. The molecule has 0 fully saturated rings. The zero-order chi connectivity index (χ0) is 13.1. The summed E-state index contributed by atoms with van der Waals surface area (Å²) in [7, 11) is 0. The van der Waals surface area contributed by atoms with E-state index in [1.54, 1.807) is 16.8 Å². The lowest BCUT2D eigenvalue weighted by Crippen LogP contribution is -2.11. The number of esters is 1. The SMILES string of the molecule is CCn1ccc(C(=O)Oc2cccc(F)c2)c1N. The molecule has 2 aromatic rings.